The van der Waals surface area contributed by atoms with Gasteiger partial charge in [-0.1, -0.05) is 32.6 Å². The smallest absolute Gasteiger partial charge is 0.259 e. The third-order valence-electron chi connectivity index (χ3n) is 6.07. The first-order valence-electron chi connectivity index (χ1n) is 11.5. The summed E-state index contributed by atoms with van der Waals surface area (Å²) in [6.07, 6.45) is 4.13. The van der Waals surface area contributed by atoms with E-state index < -0.39 is 0 Å². The van der Waals surface area contributed by atoms with Gasteiger partial charge in [-0.15, -0.1) is 0 Å². The molecule has 7 nitrogen and oxygen atoms in total. The third kappa shape index (κ3) is 6.01. The number of likely N-dealkylation sites (N-methyl/N-ethyl adjacent to an activating group) is 1. The number of amides is 2. The monoisotopic (exact) mass is 441 g/mol. The summed E-state index contributed by atoms with van der Waals surface area (Å²) in [5.74, 6) is 6.95. The molecule has 2 heterocycles. The van der Waals surface area contributed by atoms with Gasteiger partial charge in [0.2, 0.25) is 11.8 Å². The van der Waals surface area contributed by atoms with Gasteiger partial charge >= 0.3 is 0 Å². The van der Waals surface area contributed by atoms with Gasteiger partial charge in [0.05, 0.1) is 19.2 Å². The Morgan fingerprint density at radius 3 is 2.72 bits per heavy atom. The van der Waals surface area contributed by atoms with Gasteiger partial charge in [-0.3, -0.25) is 9.59 Å². The van der Waals surface area contributed by atoms with E-state index in [1.54, 1.807) is 29.1 Å². The number of rotatable bonds is 6. The molecule has 7 heteroatoms. The maximum absolute atomic E-state index is 13.4. The lowest BCUT2D eigenvalue weighted by molar-refractivity contribution is -0.131. The molecule has 0 saturated heterocycles. The van der Waals surface area contributed by atoms with E-state index in [4.69, 9.17) is 4.74 Å². The van der Waals surface area contributed by atoms with Crippen LogP contribution in [-0.2, 0) is 4.79 Å². The Morgan fingerprint density at radius 2 is 2.09 bits per heavy atom. The summed E-state index contributed by atoms with van der Waals surface area (Å²) in [4.78, 5) is 33.8. The van der Waals surface area contributed by atoms with E-state index in [1.165, 1.54) is 0 Å². The van der Waals surface area contributed by atoms with Gasteiger partial charge in [0, 0.05) is 43.6 Å². The fraction of sp³-hybridized carbons (Fsp3) is 0.640. The van der Waals surface area contributed by atoms with Crippen molar-refractivity contribution < 1.29 is 19.4 Å². The van der Waals surface area contributed by atoms with Gasteiger partial charge in [0.1, 0.15) is 11.7 Å². The molecule has 1 N–H and O–H groups in total. The van der Waals surface area contributed by atoms with Crippen LogP contribution in [0, 0.1) is 29.6 Å². The van der Waals surface area contributed by atoms with Crippen molar-refractivity contribution in [3.63, 3.8) is 0 Å². The highest BCUT2D eigenvalue weighted by Gasteiger charge is 2.35. The highest BCUT2D eigenvalue weighted by atomic mass is 16.5. The van der Waals surface area contributed by atoms with Crippen LogP contribution in [0.15, 0.2) is 12.3 Å². The molecule has 0 unspecified atom stereocenters. The summed E-state index contributed by atoms with van der Waals surface area (Å²) in [6, 6.07) is 1.36. The number of carbonyl (C=O) groups excluding carboxylic acids is 2. The summed E-state index contributed by atoms with van der Waals surface area (Å²) in [5, 5.41) is 9.76. The molecule has 0 bridgehead atoms. The van der Waals surface area contributed by atoms with Crippen LogP contribution in [0.4, 0.5) is 0 Å². The number of carbonyl (C=O) groups is 2. The van der Waals surface area contributed by atoms with E-state index in [1.807, 2.05) is 27.7 Å². The Labute approximate surface area is 191 Å². The molecule has 1 saturated carbocycles. The zero-order valence-electron chi connectivity index (χ0n) is 19.8. The number of aliphatic hydroxyl groups excluding tert-OH is 1. The van der Waals surface area contributed by atoms with E-state index in [9.17, 15) is 14.7 Å². The lowest BCUT2D eigenvalue weighted by atomic mass is 9.99. The van der Waals surface area contributed by atoms with Crippen molar-refractivity contribution in [2.75, 3.05) is 26.7 Å². The molecule has 1 fully saturated rings. The quantitative estimate of drug-likeness (QED) is 0.686. The van der Waals surface area contributed by atoms with Gasteiger partial charge in [-0.05, 0) is 31.7 Å². The first-order chi connectivity index (χ1) is 15.2. The van der Waals surface area contributed by atoms with Gasteiger partial charge in [0.25, 0.3) is 5.91 Å². The van der Waals surface area contributed by atoms with Crippen LogP contribution in [0.2, 0.25) is 0 Å². The Balaban J connectivity index is 1.91. The number of hydrogen-bond donors (Lipinski definition) is 1. The molecular formula is C25H35N3O4. The van der Waals surface area contributed by atoms with Gasteiger partial charge in [0.15, 0.2) is 0 Å². The molecule has 2 aliphatic rings. The summed E-state index contributed by atoms with van der Waals surface area (Å²) in [7, 11) is 1.80. The topological polar surface area (TPSA) is 83.0 Å². The fourth-order valence-electron chi connectivity index (χ4n) is 3.71. The Bertz CT molecular complexity index is 900. The molecule has 0 aromatic carbocycles. The van der Waals surface area contributed by atoms with Crippen molar-refractivity contribution in [1.29, 1.82) is 0 Å². The molecule has 3 rings (SSSR count). The number of nitrogens with zero attached hydrogens (tertiary/aromatic N) is 3. The molecule has 1 aromatic heterocycles. The average Bonchev–Trinajstić information content (AvgIpc) is 3.58. The lowest BCUT2D eigenvalue weighted by Crippen LogP contribution is -2.50. The minimum absolute atomic E-state index is 0.0560. The second-order valence-corrected chi connectivity index (χ2v) is 9.55. The van der Waals surface area contributed by atoms with E-state index in [2.05, 4.69) is 16.8 Å². The number of aromatic nitrogens is 1. The molecule has 1 aliphatic heterocycles. The number of aliphatic hydroxyl groups is 1. The second-order valence-electron chi connectivity index (χ2n) is 9.55. The molecule has 174 valence electrons. The van der Waals surface area contributed by atoms with Crippen molar-refractivity contribution in [3.05, 3.63) is 23.4 Å². The van der Waals surface area contributed by atoms with Gasteiger partial charge in [-0.25, -0.2) is 4.98 Å². The Morgan fingerprint density at radius 1 is 1.38 bits per heavy atom. The number of pyridine rings is 1. The highest BCUT2D eigenvalue weighted by molar-refractivity contribution is 5.97. The number of ether oxygens (including phenoxy) is 1. The minimum atomic E-state index is -0.351. The van der Waals surface area contributed by atoms with Crippen molar-refractivity contribution in [1.82, 2.24) is 14.8 Å². The van der Waals surface area contributed by atoms with Crippen molar-refractivity contribution in [2.45, 2.75) is 59.1 Å². The first-order valence-corrected chi connectivity index (χ1v) is 11.5. The van der Waals surface area contributed by atoms with E-state index in [0.717, 1.165) is 12.8 Å². The van der Waals surface area contributed by atoms with E-state index in [0.29, 0.717) is 36.6 Å². The van der Waals surface area contributed by atoms with Gasteiger partial charge < -0.3 is 19.6 Å². The molecule has 2 amide bonds. The Kier molecular flexibility index (Phi) is 7.78. The van der Waals surface area contributed by atoms with Crippen LogP contribution in [-0.4, -0.2) is 70.6 Å². The third-order valence-corrected chi connectivity index (χ3v) is 6.07. The van der Waals surface area contributed by atoms with Gasteiger partial charge in [-0.2, -0.15) is 0 Å². The maximum atomic E-state index is 13.4. The Hall–Kier alpha value is -2.59. The zero-order valence-corrected chi connectivity index (χ0v) is 19.8. The molecule has 1 aromatic rings. The fourth-order valence-corrected chi connectivity index (χ4v) is 3.71. The zero-order chi connectivity index (χ0) is 23.4. The molecule has 3 atom stereocenters. The second kappa shape index (κ2) is 10.4. The predicted octanol–water partition coefficient (Wildman–Crippen LogP) is 2.57. The van der Waals surface area contributed by atoms with Crippen LogP contribution >= 0.6 is 0 Å². The number of fused-ring (bicyclic) bond motifs is 1. The number of hydrogen-bond acceptors (Lipinski definition) is 5. The summed E-state index contributed by atoms with van der Waals surface area (Å²) < 4.78 is 6.24. The standard InChI is InChI=1S/C25H35N3O4/c1-16(2)6-7-20-10-21-24(26-12-20)32-22(14-27(5)23(30)11-19-8-9-19)17(3)13-28(25(21)31)18(4)15-29/h10,12,16-19,22,29H,8-9,11,13-15H2,1-5H3/t17-,18+,22+/m1/s1. The molecule has 32 heavy (non-hydrogen) atoms. The van der Waals surface area contributed by atoms with Crippen LogP contribution in [0.1, 0.15) is 62.9 Å². The lowest BCUT2D eigenvalue weighted by Gasteiger charge is -2.37. The minimum Gasteiger partial charge on any atom is -0.472 e. The maximum Gasteiger partial charge on any atom is 0.259 e. The summed E-state index contributed by atoms with van der Waals surface area (Å²) >= 11 is 0. The van der Waals surface area contributed by atoms with Crippen LogP contribution in [0.5, 0.6) is 5.88 Å². The first kappa shape index (κ1) is 24.1. The highest BCUT2D eigenvalue weighted by Crippen LogP contribution is 2.33. The SMILES string of the molecule is CC(C)C#Cc1cnc2c(c1)C(=O)N([C@@H](C)CO)C[C@@H](C)[C@H](CN(C)C(=O)CC1CC1)O2. The van der Waals surface area contributed by atoms with Crippen molar-refractivity contribution in [2.24, 2.45) is 17.8 Å². The van der Waals surface area contributed by atoms with Crippen molar-refractivity contribution >= 4 is 11.8 Å². The molecule has 0 radical (unpaired) electrons. The van der Waals surface area contributed by atoms with E-state index in [-0.39, 0.29) is 48.3 Å². The molecular weight excluding hydrogens is 406 g/mol. The van der Waals surface area contributed by atoms with Crippen molar-refractivity contribution in [3.8, 4) is 17.7 Å². The predicted molar refractivity (Wildman–Crippen MR) is 122 cm³/mol. The molecule has 1 aliphatic carbocycles. The van der Waals surface area contributed by atoms with Crippen LogP contribution < -0.4 is 4.74 Å². The van der Waals surface area contributed by atoms with Crippen LogP contribution in [0.25, 0.3) is 0 Å². The van der Waals surface area contributed by atoms with Crippen LogP contribution in [0.3, 0.4) is 0 Å². The van der Waals surface area contributed by atoms with E-state index >= 15 is 0 Å². The summed E-state index contributed by atoms with van der Waals surface area (Å²) in [6.45, 7) is 8.51. The summed E-state index contributed by atoms with van der Waals surface area (Å²) in [5.41, 5.74) is 0.984. The largest absolute Gasteiger partial charge is 0.472 e. The average molecular weight is 442 g/mol. The normalized spacial score (nSPS) is 21.6. The molecule has 0 spiro atoms.